The van der Waals surface area contributed by atoms with E-state index in [4.69, 9.17) is 4.74 Å². The summed E-state index contributed by atoms with van der Waals surface area (Å²) in [5.41, 5.74) is 6.39. The van der Waals surface area contributed by atoms with Crippen LogP contribution in [-0.4, -0.2) is 41.4 Å². The van der Waals surface area contributed by atoms with Crippen LogP contribution in [0.4, 0.5) is 5.69 Å². The van der Waals surface area contributed by atoms with Crippen LogP contribution < -0.4 is 15.5 Å². The Bertz CT molecular complexity index is 940. The first-order valence-electron chi connectivity index (χ1n) is 10.1. The molecule has 30 heavy (non-hydrogen) atoms. The number of nitrogens with zero attached hydrogens (tertiary/aromatic N) is 2. The van der Waals surface area contributed by atoms with Crippen LogP contribution in [0.25, 0.3) is 0 Å². The summed E-state index contributed by atoms with van der Waals surface area (Å²) < 4.78 is 5.21. The van der Waals surface area contributed by atoms with Crippen molar-refractivity contribution in [2.24, 2.45) is 0 Å². The molecule has 0 aromatic heterocycles. The number of methoxy groups -OCH3 is 1. The molecule has 0 aliphatic carbocycles. The lowest BCUT2D eigenvalue weighted by atomic mass is 10.0. The molecule has 0 bridgehead atoms. The van der Waals surface area contributed by atoms with Crippen LogP contribution in [0, 0.1) is 0 Å². The maximum absolute atomic E-state index is 12.9. The quantitative estimate of drug-likeness (QED) is 0.772. The van der Waals surface area contributed by atoms with Crippen LogP contribution >= 0.6 is 0 Å². The standard InChI is InChI=1S/C23H26N4O3/c1-3-16-4-8-18(9-5-16)24-22(28)15-26-12-13-27-21(23(26)29)14-20(25-27)17-6-10-19(30-2)11-7-17/h4-13,20-21,25H,3,14-15H2,1-2H3,(H,24,28). The van der Waals surface area contributed by atoms with E-state index in [1.165, 1.54) is 10.5 Å². The van der Waals surface area contributed by atoms with E-state index in [2.05, 4.69) is 17.7 Å². The van der Waals surface area contributed by atoms with Gasteiger partial charge in [0.1, 0.15) is 18.3 Å². The van der Waals surface area contributed by atoms with Gasteiger partial charge in [-0.25, -0.2) is 5.43 Å². The van der Waals surface area contributed by atoms with Crippen molar-refractivity contribution in [2.45, 2.75) is 31.8 Å². The Morgan fingerprint density at radius 3 is 2.53 bits per heavy atom. The fourth-order valence-corrected chi connectivity index (χ4v) is 3.80. The molecule has 156 valence electrons. The molecule has 0 radical (unpaired) electrons. The number of fused-ring (bicyclic) bond motifs is 1. The largest absolute Gasteiger partial charge is 0.497 e. The lowest BCUT2D eigenvalue weighted by Gasteiger charge is -2.31. The van der Waals surface area contributed by atoms with Gasteiger partial charge in [-0.15, -0.1) is 0 Å². The molecule has 0 saturated carbocycles. The molecule has 0 spiro atoms. The molecule has 2 unspecified atom stereocenters. The second kappa shape index (κ2) is 8.59. The normalized spacial score (nSPS) is 20.3. The van der Waals surface area contributed by atoms with Crippen LogP contribution in [0.2, 0.25) is 0 Å². The van der Waals surface area contributed by atoms with Gasteiger partial charge in [-0.1, -0.05) is 31.2 Å². The van der Waals surface area contributed by atoms with Crippen molar-refractivity contribution in [1.29, 1.82) is 0 Å². The van der Waals surface area contributed by atoms with E-state index in [9.17, 15) is 9.59 Å². The number of nitrogens with one attached hydrogen (secondary N) is 2. The lowest BCUT2D eigenvalue weighted by Crippen LogP contribution is -2.49. The van der Waals surface area contributed by atoms with Gasteiger partial charge in [0.05, 0.1) is 13.2 Å². The van der Waals surface area contributed by atoms with Gasteiger partial charge in [-0.05, 0) is 48.2 Å². The van der Waals surface area contributed by atoms with Crippen LogP contribution in [-0.2, 0) is 16.0 Å². The summed E-state index contributed by atoms with van der Waals surface area (Å²) in [4.78, 5) is 26.9. The zero-order valence-electron chi connectivity index (χ0n) is 17.2. The molecular weight excluding hydrogens is 380 g/mol. The zero-order valence-corrected chi connectivity index (χ0v) is 17.2. The van der Waals surface area contributed by atoms with Crippen molar-refractivity contribution in [3.8, 4) is 5.75 Å². The van der Waals surface area contributed by atoms with Gasteiger partial charge in [0, 0.05) is 18.1 Å². The summed E-state index contributed by atoms with van der Waals surface area (Å²) in [5.74, 6) is 0.493. The highest BCUT2D eigenvalue weighted by molar-refractivity contribution is 5.96. The summed E-state index contributed by atoms with van der Waals surface area (Å²) in [6, 6.07) is 15.3. The Morgan fingerprint density at radius 2 is 1.87 bits per heavy atom. The van der Waals surface area contributed by atoms with E-state index in [1.54, 1.807) is 13.3 Å². The monoisotopic (exact) mass is 406 g/mol. The first-order chi connectivity index (χ1) is 14.6. The van der Waals surface area contributed by atoms with Crippen LogP contribution in [0.3, 0.4) is 0 Å². The molecule has 2 aromatic rings. The van der Waals surface area contributed by atoms with Crippen LogP contribution in [0.1, 0.15) is 30.5 Å². The lowest BCUT2D eigenvalue weighted by molar-refractivity contribution is -0.137. The van der Waals surface area contributed by atoms with Crippen molar-refractivity contribution in [3.05, 3.63) is 72.1 Å². The number of carbonyl (C=O) groups excluding carboxylic acids is 2. The van der Waals surface area contributed by atoms with Gasteiger partial charge in [0.15, 0.2) is 0 Å². The number of aryl methyl sites for hydroxylation is 1. The molecule has 1 fully saturated rings. The van der Waals surface area contributed by atoms with Gasteiger partial charge < -0.3 is 20.0 Å². The average Bonchev–Trinajstić information content (AvgIpc) is 3.21. The second-order valence-corrected chi connectivity index (χ2v) is 7.48. The number of anilines is 1. The van der Waals surface area contributed by atoms with E-state index < -0.39 is 0 Å². The Labute approximate surface area is 176 Å². The fourth-order valence-electron chi connectivity index (χ4n) is 3.80. The maximum Gasteiger partial charge on any atom is 0.251 e. The van der Waals surface area contributed by atoms with Gasteiger partial charge in [-0.3, -0.25) is 9.59 Å². The number of hydrazine groups is 1. The Morgan fingerprint density at radius 1 is 1.13 bits per heavy atom. The number of hydrogen-bond acceptors (Lipinski definition) is 5. The number of benzene rings is 2. The minimum atomic E-state index is -0.335. The van der Waals surface area contributed by atoms with Crippen molar-refractivity contribution >= 4 is 17.5 Å². The molecule has 1 saturated heterocycles. The highest BCUT2D eigenvalue weighted by Gasteiger charge is 2.40. The van der Waals surface area contributed by atoms with Crippen molar-refractivity contribution in [2.75, 3.05) is 19.0 Å². The first-order valence-corrected chi connectivity index (χ1v) is 10.1. The highest BCUT2D eigenvalue weighted by atomic mass is 16.5. The summed E-state index contributed by atoms with van der Waals surface area (Å²) in [6.45, 7) is 2.07. The molecule has 2 atom stereocenters. The van der Waals surface area contributed by atoms with Crippen LogP contribution in [0.5, 0.6) is 5.75 Å². The number of amides is 2. The zero-order chi connectivity index (χ0) is 21.1. The molecule has 7 nitrogen and oxygen atoms in total. The molecule has 4 rings (SSSR count). The Hall–Kier alpha value is -3.32. The fraction of sp³-hybridized carbons (Fsp3) is 0.304. The summed E-state index contributed by atoms with van der Waals surface area (Å²) >= 11 is 0. The minimum Gasteiger partial charge on any atom is -0.497 e. The highest BCUT2D eigenvalue weighted by Crippen LogP contribution is 2.31. The summed E-state index contributed by atoms with van der Waals surface area (Å²) in [7, 11) is 1.64. The third-order valence-electron chi connectivity index (χ3n) is 5.55. The topological polar surface area (TPSA) is 73.9 Å². The van der Waals surface area contributed by atoms with Crippen LogP contribution in [0.15, 0.2) is 60.9 Å². The maximum atomic E-state index is 12.9. The van der Waals surface area contributed by atoms with Crippen molar-refractivity contribution in [3.63, 3.8) is 0 Å². The third-order valence-corrected chi connectivity index (χ3v) is 5.55. The number of carbonyl (C=O) groups is 2. The number of rotatable bonds is 6. The number of ether oxygens (including phenoxy) is 1. The Balaban J connectivity index is 1.36. The van der Waals surface area contributed by atoms with E-state index >= 15 is 0 Å². The van der Waals surface area contributed by atoms with Gasteiger partial charge in [0.2, 0.25) is 5.91 Å². The molecular formula is C23H26N4O3. The van der Waals surface area contributed by atoms with E-state index in [-0.39, 0.29) is 30.4 Å². The molecule has 2 N–H and O–H groups in total. The average molecular weight is 406 g/mol. The molecule has 2 heterocycles. The van der Waals surface area contributed by atoms with Crippen molar-refractivity contribution in [1.82, 2.24) is 15.3 Å². The summed E-state index contributed by atoms with van der Waals surface area (Å²) in [5, 5.41) is 4.69. The van der Waals surface area contributed by atoms with E-state index in [0.717, 1.165) is 23.4 Å². The van der Waals surface area contributed by atoms with Gasteiger partial charge >= 0.3 is 0 Å². The second-order valence-electron chi connectivity index (χ2n) is 7.48. The third kappa shape index (κ3) is 4.16. The molecule has 7 heteroatoms. The molecule has 2 aliphatic rings. The molecule has 2 amide bonds. The minimum absolute atomic E-state index is 0.0115. The SMILES string of the molecule is CCc1ccc(NC(=O)CN2C=CN3NC(c4ccc(OC)cc4)CC3C2=O)cc1. The smallest absolute Gasteiger partial charge is 0.251 e. The molecule has 2 aromatic carbocycles. The predicted molar refractivity (Wildman–Crippen MR) is 114 cm³/mol. The van der Waals surface area contributed by atoms with Gasteiger partial charge in [0.25, 0.3) is 5.91 Å². The number of hydrogen-bond donors (Lipinski definition) is 2. The van der Waals surface area contributed by atoms with E-state index in [1.807, 2.05) is 59.7 Å². The predicted octanol–water partition coefficient (Wildman–Crippen LogP) is 2.83. The molecule has 2 aliphatic heterocycles. The Kier molecular flexibility index (Phi) is 5.72. The first kappa shape index (κ1) is 20.0. The van der Waals surface area contributed by atoms with Crippen molar-refractivity contribution < 1.29 is 14.3 Å². The summed E-state index contributed by atoms with van der Waals surface area (Å²) in [6.07, 6.45) is 5.05. The van der Waals surface area contributed by atoms with Gasteiger partial charge in [-0.2, -0.15) is 0 Å². The van der Waals surface area contributed by atoms with E-state index in [0.29, 0.717) is 6.42 Å².